The Kier molecular flexibility index (Phi) is 7.02. The van der Waals surface area contributed by atoms with Gasteiger partial charge in [-0.25, -0.2) is 8.42 Å². The molecule has 1 atom stereocenters. The third kappa shape index (κ3) is 6.38. The van der Waals surface area contributed by atoms with Crippen LogP contribution in [0.1, 0.15) is 24.5 Å². The average molecular weight is 444 g/mol. The first-order chi connectivity index (χ1) is 13.8. The molecule has 2 rings (SSSR count). The first-order valence-electron chi connectivity index (χ1n) is 9.04. The molecule has 2 aromatic rings. The van der Waals surface area contributed by atoms with E-state index >= 15 is 0 Å². The number of hydrogen-bond donors (Lipinski definition) is 1. The van der Waals surface area contributed by atoms with Gasteiger partial charge in [-0.2, -0.15) is 0 Å². The predicted molar refractivity (Wildman–Crippen MR) is 109 cm³/mol. The van der Waals surface area contributed by atoms with E-state index in [0.29, 0.717) is 5.69 Å². The molecule has 6 nitrogen and oxygen atoms in total. The highest BCUT2D eigenvalue weighted by atomic mass is 32.2. The summed E-state index contributed by atoms with van der Waals surface area (Å²) in [6.45, 7) is 5.32. The topological polar surface area (TPSA) is 75.7 Å². The zero-order valence-corrected chi connectivity index (χ0v) is 17.8. The second-order valence-corrected chi connectivity index (χ2v) is 8.75. The Labute approximate surface area is 173 Å². The molecule has 0 aliphatic carbocycles. The molecule has 0 spiro atoms. The van der Waals surface area contributed by atoms with Crippen molar-refractivity contribution in [3.8, 4) is 5.75 Å². The molecular formula is C20H23F3N2O4S. The fourth-order valence-corrected chi connectivity index (χ4v) is 4.30. The van der Waals surface area contributed by atoms with Gasteiger partial charge < -0.3 is 10.1 Å². The van der Waals surface area contributed by atoms with Gasteiger partial charge in [0.1, 0.15) is 11.8 Å². The minimum absolute atomic E-state index is 0.182. The number of amides is 1. The lowest BCUT2D eigenvalue weighted by Gasteiger charge is -2.30. The van der Waals surface area contributed by atoms with Gasteiger partial charge in [-0.3, -0.25) is 9.10 Å². The number of hydrogen-bond acceptors (Lipinski definition) is 4. The molecule has 0 aromatic heterocycles. The van der Waals surface area contributed by atoms with Crippen LogP contribution < -0.4 is 14.4 Å². The first kappa shape index (κ1) is 23.5. The monoisotopic (exact) mass is 444 g/mol. The van der Waals surface area contributed by atoms with Crippen LogP contribution in [0.3, 0.4) is 0 Å². The zero-order valence-electron chi connectivity index (χ0n) is 16.9. The molecule has 0 radical (unpaired) electrons. The summed E-state index contributed by atoms with van der Waals surface area (Å²) in [5, 5.41) is 2.55. The minimum atomic E-state index is -4.82. The molecular weight excluding hydrogens is 421 g/mol. The van der Waals surface area contributed by atoms with Crippen LogP contribution in [0.4, 0.5) is 24.5 Å². The van der Waals surface area contributed by atoms with Crippen LogP contribution in [-0.2, 0) is 14.8 Å². The molecule has 164 valence electrons. The zero-order chi connectivity index (χ0) is 22.7. The molecule has 0 aliphatic heterocycles. The molecule has 1 amide bonds. The summed E-state index contributed by atoms with van der Waals surface area (Å²) in [7, 11) is -3.80. The number of nitrogens with one attached hydrogen (secondary N) is 1. The molecule has 0 bridgehead atoms. The molecule has 0 fully saturated rings. The van der Waals surface area contributed by atoms with Crippen molar-refractivity contribution in [1.29, 1.82) is 0 Å². The number of carbonyl (C=O) groups excluding carboxylic acids is 1. The Morgan fingerprint density at radius 2 is 1.63 bits per heavy atom. The summed E-state index contributed by atoms with van der Waals surface area (Å²) in [5.74, 6) is -1.04. The average Bonchev–Trinajstić information content (AvgIpc) is 2.57. The number of aryl methyl sites for hydroxylation is 2. The summed E-state index contributed by atoms with van der Waals surface area (Å²) in [5.41, 5.74) is 2.26. The van der Waals surface area contributed by atoms with Crippen molar-refractivity contribution in [2.75, 3.05) is 15.9 Å². The number of rotatable bonds is 7. The quantitative estimate of drug-likeness (QED) is 0.688. The smallest absolute Gasteiger partial charge is 0.406 e. The van der Waals surface area contributed by atoms with Gasteiger partial charge in [0.15, 0.2) is 0 Å². The highest BCUT2D eigenvalue weighted by Gasteiger charge is 2.32. The molecule has 0 saturated carbocycles. The number of alkyl halides is 3. The van der Waals surface area contributed by atoms with Crippen LogP contribution in [0.5, 0.6) is 5.75 Å². The number of carbonyl (C=O) groups is 1. The van der Waals surface area contributed by atoms with Crippen molar-refractivity contribution in [2.45, 2.75) is 39.6 Å². The van der Waals surface area contributed by atoms with E-state index in [0.717, 1.165) is 33.8 Å². The van der Waals surface area contributed by atoms with Crippen LogP contribution in [0.25, 0.3) is 0 Å². The molecule has 0 heterocycles. The van der Waals surface area contributed by atoms with Crippen molar-refractivity contribution < 1.29 is 31.1 Å². The number of ether oxygens (including phenoxy) is 1. The third-order valence-electron chi connectivity index (χ3n) is 4.15. The molecule has 0 saturated heterocycles. The standard InChI is InChI=1S/C20H23F3N2O4S/c1-5-18(25(30(4,27)28)16-11-13(2)10-14(3)12-16)19(26)24-15-6-8-17(9-7-15)29-20(21,22)23/h6-12,18H,5H2,1-4H3,(H,24,26)/t18-/m1/s1. The molecule has 1 N–H and O–H groups in total. The van der Waals surface area contributed by atoms with Gasteiger partial charge >= 0.3 is 6.36 Å². The maximum atomic E-state index is 12.9. The largest absolute Gasteiger partial charge is 0.573 e. The lowest BCUT2D eigenvalue weighted by atomic mass is 10.1. The summed E-state index contributed by atoms with van der Waals surface area (Å²) >= 11 is 0. The summed E-state index contributed by atoms with van der Waals surface area (Å²) in [6, 6.07) is 8.79. The number of halogens is 3. The number of nitrogens with zero attached hydrogens (tertiary/aromatic N) is 1. The fraction of sp³-hybridized carbons (Fsp3) is 0.350. The van der Waals surface area contributed by atoms with Crippen LogP contribution in [0, 0.1) is 13.8 Å². The van der Waals surface area contributed by atoms with Crippen molar-refractivity contribution >= 4 is 27.3 Å². The Hall–Kier alpha value is -2.75. The highest BCUT2D eigenvalue weighted by Crippen LogP contribution is 2.27. The molecule has 0 aliphatic rings. The second kappa shape index (κ2) is 8.95. The Morgan fingerprint density at radius 1 is 1.10 bits per heavy atom. The molecule has 10 heteroatoms. The van der Waals surface area contributed by atoms with E-state index in [4.69, 9.17) is 0 Å². The van der Waals surface area contributed by atoms with Gasteiger partial charge in [-0.1, -0.05) is 13.0 Å². The van der Waals surface area contributed by atoms with E-state index in [-0.39, 0.29) is 12.1 Å². The summed E-state index contributed by atoms with van der Waals surface area (Å²) in [4.78, 5) is 12.9. The van der Waals surface area contributed by atoms with Crippen LogP contribution in [0.2, 0.25) is 0 Å². The fourth-order valence-electron chi connectivity index (χ4n) is 3.10. The predicted octanol–water partition coefficient (Wildman–Crippen LogP) is 4.39. The molecule has 2 aromatic carbocycles. The number of anilines is 2. The van der Waals surface area contributed by atoms with Gasteiger partial charge in [-0.05, 0) is 67.8 Å². The maximum absolute atomic E-state index is 12.9. The highest BCUT2D eigenvalue weighted by molar-refractivity contribution is 7.92. The number of sulfonamides is 1. The Balaban J connectivity index is 2.30. The van der Waals surface area contributed by atoms with E-state index in [9.17, 15) is 26.4 Å². The van der Waals surface area contributed by atoms with Gasteiger partial charge in [0, 0.05) is 5.69 Å². The van der Waals surface area contributed by atoms with Gasteiger partial charge in [0.25, 0.3) is 0 Å². The third-order valence-corrected chi connectivity index (χ3v) is 5.33. The molecule has 0 unspecified atom stereocenters. The van der Waals surface area contributed by atoms with Crippen LogP contribution in [0.15, 0.2) is 42.5 Å². The van der Waals surface area contributed by atoms with Crippen molar-refractivity contribution in [2.24, 2.45) is 0 Å². The first-order valence-corrected chi connectivity index (χ1v) is 10.9. The summed E-state index contributed by atoms with van der Waals surface area (Å²) in [6.07, 6.45) is -3.62. The minimum Gasteiger partial charge on any atom is -0.406 e. The van der Waals surface area contributed by atoms with Crippen molar-refractivity contribution in [3.63, 3.8) is 0 Å². The van der Waals surface area contributed by atoms with E-state index in [2.05, 4.69) is 10.1 Å². The van der Waals surface area contributed by atoms with Gasteiger partial charge in [0.2, 0.25) is 15.9 Å². The SMILES string of the molecule is CC[C@H](C(=O)Nc1ccc(OC(F)(F)F)cc1)N(c1cc(C)cc(C)c1)S(C)(=O)=O. The van der Waals surface area contributed by atoms with Crippen molar-refractivity contribution in [3.05, 3.63) is 53.6 Å². The van der Waals surface area contributed by atoms with Crippen LogP contribution in [-0.4, -0.2) is 33.0 Å². The van der Waals surface area contributed by atoms with Gasteiger partial charge in [-0.15, -0.1) is 13.2 Å². The van der Waals surface area contributed by atoms with E-state index < -0.39 is 34.1 Å². The molecule has 30 heavy (non-hydrogen) atoms. The lowest BCUT2D eigenvalue weighted by Crippen LogP contribution is -2.47. The Morgan fingerprint density at radius 3 is 2.07 bits per heavy atom. The van der Waals surface area contributed by atoms with E-state index in [1.54, 1.807) is 19.1 Å². The Bertz CT molecular complexity index is 985. The number of benzene rings is 2. The van der Waals surface area contributed by atoms with Crippen molar-refractivity contribution in [1.82, 2.24) is 0 Å². The second-order valence-electron chi connectivity index (χ2n) is 6.89. The maximum Gasteiger partial charge on any atom is 0.573 e. The van der Waals surface area contributed by atoms with E-state index in [1.165, 1.54) is 12.1 Å². The normalized spacial score (nSPS) is 12.9. The van der Waals surface area contributed by atoms with Crippen LogP contribution >= 0.6 is 0 Å². The van der Waals surface area contributed by atoms with Gasteiger partial charge in [0.05, 0.1) is 11.9 Å². The van der Waals surface area contributed by atoms with E-state index in [1.807, 2.05) is 19.9 Å². The summed E-state index contributed by atoms with van der Waals surface area (Å²) < 4.78 is 66.7. The lowest BCUT2D eigenvalue weighted by molar-refractivity contribution is -0.274.